The first-order valence-electron chi connectivity index (χ1n) is 7.97. The molecule has 1 fully saturated rings. The summed E-state index contributed by atoms with van der Waals surface area (Å²) < 4.78 is 0. The van der Waals surface area contributed by atoms with Gasteiger partial charge in [0.1, 0.15) is 0 Å². The highest BCUT2D eigenvalue weighted by molar-refractivity contribution is 5.29. The first-order chi connectivity index (χ1) is 9.65. The molecule has 4 nitrogen and oxygen atoms in total. The predicted molar refractivity (Wildman–Crippen MR) is 84.3 cm³/mol. The minimum atomic E-state index is 0.447. The van der Waals surface area contributed by atoms with Crippen LogP contribution in [0.5, 0.6) is 0 Å². The van der Waals surface area contributed by atoms with Crippen molar-refractivity contribution in [3.63, 3.8) is 0 Å². The van der Waals surface area contributed by atoms with Crippen LogP contribution in [0.15, 0.2) is 6.07 Å². The second-order valence-electron chi connectivity index (χ2n) is 6.10. The Morgan fingerprint density at radius 3 is 2.50 bits per heavy atom. The van der Waals surface area contributed by atoms with E-state index in [0.717, 1.165) is 30.4 Å². The van der Waals surface area contributed by atoms with Gasteiger partial charge in [0.25, 0.3) is 0 Å². The average Bonchev–Trinajstić information content (AvgIpc) is 2.67. The van der Waals surface area contributed by atoms with E-state index in [1.165, 1.54) is 38.8 Å². The third kappa shape index (κ3) is 4.75. The molecule has 1 aliphatic rings. The second kappa shape index (κ2) is 7.58. The Morgan fingerprint density at radius 1 is 1.15 bits per heavy atom. The zero-order chi connectivity index (χ0) is 14.4. The van der Waals surface area contributed by atoms with Crippen molar-refractivity contribution >= 4 is 5.95 Å². The summed E-state index contributed by atoms with van der Waals surface area (Å²) >= 11 is 0. The standard InChI is InChI=1S/C16H28N4/c1-13(2)15-12-14(3)18-16(19-15)17-8-11-20-9-6-4-5-7-10-20/h12-13H,4-11H2,1-3H3,(H,17,18,19). The largest absolute Gasteiger partial charge is 0.353 e. The summed E-state index contributed by atoms with van der Waals surface area (Å²) in [5, 5.41) is 3.38. The maximum atomic E-state index is 4.59. The molecule has 1 aliphatic heterocycles. The molecule has 0 amide bonds. The van der Waals surface area contributed by atoms with E-state index in [9.17, 15) is 0 Å². The minimum Gasteiger partial charge on any atom is -0.353 e. The van der Waals surface area contributed by atoms with E-state index in [-0.39, 0.29) is 0 Å². The molecule has 1 N–H and O–H groups in total. The number of hydrogen-bond donors (Lipinski definition) is 1. The lowest BCUT2D eigenvalue weighted by molar-refractivity contribution is 0.296. The molecule has 0 atom stereocenters. The Balaban J connectivity index is 1.84. The molecule has 0 radical (unpaired) electrons. The minimum absolute atomic E-state index is 0.447. The summed E-state index contributed by atoms with van der Waals surface area (Å²) in [6.07, 6.45) is 5.47. The Kier molecular flexibility index (Phi) is 5.77. The fourth-order valence-corrected chi connectivity index (χ4v) is 2.65. The molecule has 1 aromatic heterocycles. The molecule has 0 aromatic carbocycles. The van der Waals surface area contributed by atoms with Gasteiger partial charge in [-0.2, -0.15) is 0 Å². The fraction of sp³-hybridized carbons (Fsp3) is 0.750. The molecule has 20 heavy (non-hydrogen) atoms. The van der Waals surface area contributed by atoms with Crippen molar-refractivity contribution in [3.05, 3.63) is 17.5 Å². The second-order valence-corrected chi connectivity index (χ2v) is 6.10. The van der Waals surface area contributed by atoms with Crippen molar-refractivity contribution in [1.29, 1.82) is 0 Å². The number of aromatic nitrogens is 2. The van der Waals surface area contributed by atoms with E-state index in [4.69, 9.17) is 0 Å². The Morgan fingerprint density at radius 2 is 1.85 bits per heavy atom. The van der Waals surface area contributed by atoms with E-state index in [2.05, 4.69) is 40.1 Å². The number of nitrogens with zero attached hydrogens (tertiary/aromatic N) is 3. The Bertz CT molecular complexity index is 409. The normalized spacial score (nSPS) is 17.2. The number of rotatable bonds is 5. The van der Waals surface area contributed by atoms with Crippen LogP contribution < -0.4 is 5.32 Å². The molecule has 0 aliphatic carbocycles. The van der Waals surface area contributed by atoms with E-state index in [1.807, 2.05) is 6.92 Å². The van der Waals surface area contributed by atoms with Gasteiger partial charge in [-0.3, -0.25) is 0 Å². The zero-order valence-electron chi connectivity index (χ0n) is 13.2. The van der Waals surface area contributed by atoms with E-state index >= 15 is 0 Å². The van der Waals surface area contributed by atoms with Crippen molar-refractivity contribution in [3.8, 4) is 0 Å². The van der Waals surface area contributed by atoms with Crippen LogP contribution in [0.3, 0.4) is 0 Å². The van der Waals surface area contributed by atoms with Gasteiger partial charge >= 0.3 is 0 Å². The van der Waals surface area contributed by atoms with Crippen LogP contribution in [0.1, 0.15) is 56.8 Å². The van der Waals surface area contributed by atoms with Gasteiger partial charge in [0.15, 0.2) is 0 Å². The van der Waals surface area contributed by atoms with Gasteiger partial charge in [-0.05, 0) is 44.8 Å². The molecular weight excluding hydrogens is 248 g/mol. The molecule has 4 heteroatoms. The molecule has 1 aromatic rings. The maximum absolute atomic E-state index is 4.59. The molecule has 2 rings (SSSR count). The van der Waals surface area contributed by atoms with Crippen molar-refractivity contribution < 1.29 is 0 Å². The highest BCUT2D eigenvalue weighted by Gasteiger charge is 2.09. The van der Waals surface area contributed by atoms with Gasteiger partial charge in [0, 0.05) is 24.5 Å². The van der Waals surface area contributed by atoms with Crippen LogP contribution in [-0.4, -0.2) is 41.0 Å². The molecule has 0 bridgehead atoms. The summed E-state index contributed by atoms with van der Waals surface area (Å²) in [6, 6.07) is 2.07. The first-order valence-corrected chi connectivity index (χ1v) is 7.97. The van der Waals surface area contributed by atoms with Crippen molar-refractivity contribution in [2.24, 2.45) is 0 Å². The molecule has 2 heterocycles. The van der Waals surface area contributed by atoms with Crippen LogP contribution in [-0.2, 0) is 0 Å². The third-order valence-corrected chi connectivity index (χ3v) is 3.88. The van der Waals surface area contributed by atoms with Gasteiger partial charge in [0.2, 0.25) is 5.95 Å². The van der Waals surface area contributed by atoms with Crippen molar-refractivity contribution in [1.82, 2.24) is 14.9 Å². The Labute approximate surface area is 123 Å². The summed E-state index contributed by atoms with van der Waals surface area (Å²) in [7, 11) is 0. The third-order valence-electron chi connectivity index (χ3n) is 3.88. The number of likely N-dealkylation sites (tertiary alicyclic amines) is 1. The maximum Gasteiger partial charge on any atom is 0.223 e. The highest BCUT2D eigenvalue weighted by atomic mass is 15.2. The van der Waals surface area contributed by atoms with Gasteiger partial charge in [0.05, 0.1) is 0 Å². The molecule has 112 valence electrons. The van der Waals surface area contributed by atoms with Gasteiger partial charge in [-0.25, -0.2) is 9.97 Å². The van der Waals surface area contributed by atoms with E-state index in [0.29, 0.717) is 5.92 Å². The average molecular weight is 276 g/mol. The number of hydrogen-bond acceptors (Lipinski definition) is 4. The highest BCUT2D eigenvalue weighted by Crippen LogP contribution is 2.14. The molecular formula is C16H28N4. The Hall–Kier alpha value is -1.16. The molecule has 1 saturated heterocycles. The van der Waals surface area contributed by atoms with E-state index in [1.54, 1.807) is 0 Å². The number of aryl methyl sites for hydroxylation is 1. The molecule has 0 spiro atoms. The lowest BCUT2D eigenvalue weighted by Crippen LogP contribution is -2.30. The van der Waals surface area contributed by atoms with Gasteiger partial charge < -0.3 is 10.2 Å². The SMILES string of the molecule is Cc1cc(C(C)C)nc(NCCN2CCCCCC2)n1. The monoisotopic (exact) mass is 276 g/mol. The fourth-order valence-electron chi connectivity index (χ4n) is 2.65. The topological polar surface area (TPSA) is 41.1 Å². The first kappa shape index (κ1) is 15.2. The van der Waals surface area contributed by atoms with E-state index < -0.39 is 0 Å². The number of nitrogens with one attached hydrogen (secondary N) is 1. The van der Waals surface area contributed by atoms with Crippen LogP contribution in [0, 0.1) is 6.92 Å². The van der Waals surface area contributed by atoms with Crippen molar-refractivity contribution in [2.45, 2.75) is 52.4 Å². The molecule has 0 saturated carbocycles. The summed E-state index contributed by atoms with van der Waals surface area (Å²) in [5.41, 5.74) is 2.16. The van der Waals surface area contributed by atoms with Gasteiger partial charge in [-0.1, -0.05) is 26.7 Å². The van der Waals surface area contributed by atoms with Crippen molar-refractivity contribution in [2.75, 3.05) is 31.5 Å². The lowest BCUT2D eigenvalue weighted by Gasteiger charge is -2.20. The van der Waals surface area contributed by atoms with Gasteiger partial charge in [-0.15, -0.1) is 0 Å². The summed E-state index contributed by atoms with van der Waals surface area (Å²) in [5.74, 6) is 1.23. The van der Waals surface area contributed by atoms with Crippen LogP contribution >= 0.6 is 0 Å². The van der Waals surface area contributed by atoms with Crippen LogP contribution in [0.4, 0.5) is 5.95 Å². The van der Waals surface area contributed by atoms with Crippen LogP contribution in [0.25, 0.3) is 0 Å². The quantitative estimate of drug-likeness (QED) is 0.896. The van der Waals surface area contributed by atoms with Crippen LogP contribution in [0.2, 0.25) is 0 Å². The smallest absolute Gasteiger partial charge is 0.223 e. The lowest BCUT2D eigenvalue weighted by atomic mass is 10.1. The summed E-state index contributed by atoms with van der Waals surface area (Å²) in [4.78, 5) is 11.6. The summed E-state index contributed by atoms with van der Waals surface area (Å²) in [6.45, 7) is 10.9. The zero-order valence-corrected chi connectivity index (χ0v) is 13.2. The number of anilines is 1. The molecule has 0 unspecified atom stereocenters. The predicted octanol–water partition coefficient (Wildman–Crippen LogP) is 3.20.